The molecule has 3 heterocycles. The number of amides is 2. The fourth-order valence-electron chi connectivity index (χ4n) is 4.68. The van der Waals surface area contributed by atoms with Crippen LogP contribution in [0.1, 0.15) is 37.9 Å². The molecular weight excluding hydrogens is 392 g/mol. The number of ether oxygens (including phenoxy) is 1. The zero-order valence-electron chi connectivity index (χ0n) is 17.6. The number of aromatic amines is 1. The average molecular weight is 418 g/mol. The van der Waals surface area contributed by atoms with Gasteiger partial charge in [0.1, 0.15) is 11.6 Å². The summed E-state index contributed by atoms with van der Waals surface area (Å²) in [5.41, 5.74) is 2.66. The summed E-state index contributed by atoms with van der Waals surface area (Å²) >= 11 is 0. The van der Waals surface area contributed by atoms with E-state index in [9.17, 15) is 9.59 Å². The zero-order chi connectivity index (χ0) is 21.4. The van der Waals surface area contributed by atoms with Crippen LogP contribution in [0.2, 0.25) is 0 Å². The van der Waals surface area contributed by atoms with E-state index in [1.54, 1.807) is 24.3 Å². The predicted molar refractivity (Wildman–Crippen MR) is 118 cm³/mol. The summed E-state index contributed by atoms with van der Waals surface area (Å²) in [4.78, 5) is 37.4. The SMILES string of the molecule is CCOc1ccc(N2C(=O)C[C@H](N3CCC(c4nc5ccccc5[nH]4)CC3)C2=O)cc1. The summed E-state index contributed by atoms with van der Waals surface area (Å²) in [5.74, 6) is 1.83. The molecule has 2 saturated heterocycles. The number of aromatic nitrogens is 2. The highest BCUT2D eigenvalue weighted by atomic mass is 16.5. The van der Waals surface area contributed by atoms with Gasteiger partial charge in [0.15, 0.2) is 0 Å². The molecule has 5 rings (SSSR count). The Morgan fingerprint density at radius 1 is 1.06 bits per heavy atom. The number of hydrogen-bond acceptors (Lipinski definition) is 5. The molecule has 31 heavy (non-hydrogen) atoms. The second-order valence-electron chi connectivity index (χ2n) is 8.16. The third-order valence-electron chi connectivity index (χ3n) is 6.29. The van der Waals surface area contributed by atoms with Crippen LogP contribution in [-0.2, 0) is 9.59 Å². The Bertz CT molecular complexity index is 1070. The third kappa shape index (κ3) is 3.70. The lowest BCUT2D eigenvalue weighted by Crippen LogP contribution is -2.45. The van der Waals surface area contributed by atoms with Crippen LogP contribution in [0.5, 0.6) is 5.75 Å². The smallest absolute Gasteiger partial charge is 0.251 e. The minimum absolute atomic E-state index is 0.128. The molecule has 0 saturated carbocycles. The maximum absolute atomic E-state index is 13.1. The van der Waals surface area contributed by atoms with Crippen molar-refractivity contribution in [2.75, 3.05) is 24.6 Å². The molecule has 0 spiro atoms. The number of rotatable bonds is 5. The second kappa shape index (κ2) is 8.15. The standard InChI is InChI=1S/C24H26N4O3/c1-2-31-18-9-7-17(8-10-18)28-22(29)15-21(24(28)30)27-13-11-16(12-14-27)23-25-19-5-3-4-6-20(19)26-23/h3-10,16,21H,2,11-15H2,1H3,(H,25,26)/t21-/m0/s1. The van der Waals surface area contributed by atoms with Gasteiger partial charge in [-0.2, -0.15) is 0 Å². The minimum atomic E-state index is -0.379. The maximum atomic E-state index is 13.1. The fourth-order valence-corrected chi connectivity index (χ4v) is 4.68. The molecule has 2 aliphatic rings. The van der Waals surface area contributed by atoms with E-state index in [1.165, 1.54) is 4.90 Å². The van der Waals surface area contributed by atoms with Crippen molar-refractivity contribution >= 4 is 28.5 Å². The van der Waals surface area contributed by atoms with Gasteiger partial charge in [0.2, 0.25) is 5.91 Å². The van der Waals surface area contributed by atoms with Gasteiger partial charge < -0.3 is 9.72 Å². The number of nitrogens with zero attached hydrogens (tertiary/aromatic N) is 3. The number of H-pyrrole nitrogens is 1. The highest BCUT2D eigenvalue weighted by Crippen LogP contribution is 2.32. The van der Waals surface area contributed by atoms with Gasteiger partial charge in [0, 0.05) is 5.92 Å². The van der Waals surface area contributed by atoms with Crippen LogP contribution in [-0.4, -0.2) is 52.4 Å². The molecule has 2 fully saturated rings. The zero-order valence-corrected chi connectivity index (χ0v) is 17.6. The number of imidazole rings is 1. The van der Waals surface area contributed by atoms with Gasteiger partial charge in [-0.05, 0) is 69.3 Å². The van der Waals surface area contributed by atoms with E-state index in [4.69, 9.17) is 9.72 Å². The average Bonchev–Trinajstić information content (AvgIpc) is 3.35. The molecule has 1 atom stereocenters. The molecule has 0 aliphatic carbocycles. The largest absolute Gasteiger partial charge is 0.494 e. The van der Waals surface area contributed by atoms with Crippen molar-refractivity contribution < 1.29 is 14.3 Å². The molecule has 2 amide bonds. The number of likely N-dealkylation sites (tertiary alicyclic amines) is 1. The van der Waals surface area contributed by atoms with Gasteiger partial charge in [0.25, 0.3) is 5.91 Å². The van der Waals surface area contributed by atoms with Crippen LogP contribution in [0.25, 0.3) is 11.0 Å². The Kier molecular flexibility index (Phi) is 5.19. The Balaban J connectivity index is 1.25. The van der Waals surface area contributed by atoms with E-state index in [1.807, 2.05) is 31.2 Å². The summed E-state index contributed by atoms with van der Waals surface area (Å²) in [6.07, 6.45) is 2.07. The Labute approximate surface area is 181 Å². The topological polar surface area (TPSA) is 78.5 Å². The molecule has 7 nitrogen and oxygen atoms in total. The third-order valence-corrected chi connectivity index (χ3v) is 6.29. The molecule has 7 heteroatoms. The van der Waals surface area contributed by atoms with Crippen LogP contribution in [0, 0.1) is 0 Å². The maximum Gasteiger partial charge on any atom is 0.251 e. The van der Waals surface area contributed by atoms with Crippen molar-refractivity contribution in [1.29, 1.82) is 0 Å². The van der Waals surface area contributed by atoms with Gasteiger partial charge in [-0.1, -0.05) is 12.1 Å². The van der Waals surface area contributed by atoms with Crippen LogP contribution in [0.15, 0.2) is 48.5 Å². The lowest BCUT2D eigenvalue weighted by Gasteiger charge is -2.34. The molecule has 3 aromatic rings. The van der Waals surface area contributed by atoms with Crippen molar-refractivity contribution in [2.45, 2.75) is 38.1 Å². The number of hydrogen-bond donors (Lipinski definition) is 1. The van der Waals surface area contributed by atoms with Crippen molar-refractivity contribution in [3.8, 4) is 5.75 Å². The molecule has 1 aromatic heterocycles. The van der Waals surface area contributed by atoms with Gasteiger partial charge in [-0.15, -0.1) is 0 Å². The van der Waals surface area contributed by atoms with Crippen LogP contribution >= 0.6 is 0 Å². The van der Waals surface area contributed by atoms with Crippen molar-refractivity contribution in [3.63, 3.8) is 0 Å². The molecule has 0 bridgehead atoms. The van der Waals surface area contributed by atoms with Crippen LogP contribution < -0.4 is 9.64 Å². The van der Waals surface area contributed by atoms with E-state index < -0.39 is 0 Å². The van der Waals surface area contributed by atoms with E-state index in [2.05, 4.69) is 9.88 Å². The predicted octanol–water partition coefficient (Wildman–Crippen LogP) is 3.47. The molecular formula is C24H26N4O3. The lowest BCUT2D eigenvalue weighted by molar-refractivity contribution is -0.123. The molecule has 0 radical (unpaired) electrons. The van der Waals surface area contributed by atoms with E-state index >= 15 is 0 Å². The lowest BCUT2D eigenvalue weighted by atomic mass is 9.95. The van der Waals surface area contributed by atoms with Crippen molar-refractivity contribution in [1.82, 2.24) is 14.9 Å². The number of anilines is 1. The first-order valence-corrected chi connectivity index (χ1v) is 10.9. The molecule has 0 unspecified atom stereocenters. The molecule has 2 aromatic carbocycles. The Hall–Kier alpha value is -3.19. The summed E-state index contributed by atoms with van der Waals surface area (Å²) in [7, 11) is 0. The van der Waals surface area contributed by atoms with Gasteiger partial charge in [-0.25, -0.2) is 9.88 Å². The quantitative estimate of drug-likeness (QED) is 0.642. The number of imide groups is 1. The van der Waals surface area contributed by atoms with Gasteiger partial charge >= 0.3 is 0 Å². The first kappa shape index (κ1) is 19.8. The number of fused-ring (bicyclic) bond motifs is 1. The van der Waals surface area contributed by atoms with Gasteiger partial charge in [-0.3, -0.25) is 14.5 Å². The van der Waals surface area contributed by atoms with E-state index in [0.717, 1.165) is 48.5 Å². The van der Waals surface area contributed by atoms with Crippen molar-refractivity contribution in [2.24, 2.45) is 0 Å². The summed E-state index contributed by atoms with van der Waals surface area (Å²) < 4.78 is 5.45. The van der Waals surface area contributed by atoms with Crippen LogP contribution in [0.3, 0.4) is 0 Å². The number of carbonyl (C=O) groups excluding carboxylic acids is 2. The number of benzene rings is 2. The highest BCUT2D eigenvalue weighted by Gasteiger charge is 2.43. The summed E-state index contributed by atoms with van der Waals surface area (Å²) in [5, 5.41) is 0. The second-order valence-corrected chi connectivity index (χ2v) is 8.16. The number of nitrogens with one attached hydrogen (secondary N) is 1. The molecule has 2 aliphatic heterocycles. The van der Waals surface area contributed by atoms with Gasteiger partial charge in [0.05, 0.1) is 35.8 Å². The number of piperidine rings is 1. The first-order chi connectivity index (χ1) is 15.1. The van der Waals surface area contributed by atoms with Crippen molar-refractivity contribution in [3.05, 3.63) is 54.4 Å². The number of carbonyl (C=O) groups is 2. The highest BCUT2D eigenvalue weighted by molar-refractivity contribution is 6.22. The fraction of sp³-hybridized carbons (Fsp3) is 0.375. The normalized spacial score (nSPS) is 20.7. The Morgan fingerprint density at radius 3 is 2.52 bits per heavy atom. The van der Waals surface area contributed by atoms with Crippen LogP contribution in [0.4, 0.5) is 5.69 Å². The Morgan fingerprint density at radius 2 is 1.81 bits per heavy atom. The minimum Gasteiger partial charge on any atom is -0.494 e. The van der Waals surface area contributed by atoms with E-state index in [-0.39, 0.29) is 24.3 Å². The molecule has 160 valence electrons. The summed E-state index contributed by atoms with van der Waals surface area (Å²) in [6, 6.07) is 14.8. The molecule has 1 N–H and O–H groups in total. The monoisotopic (exact) mass is 418 g/mol. The first-order valence-electron chi connectivity index (χ1n) is 10.9. The summed E-state index contributed by atoms with van der Waals surface area (Å²) in [6.45, 7) is 4.06. The number of para-hydroxylation sites is 2. The van der Waals surface area contributed by atoms with E-state index in [0.29, 0.717) is 18.2 Å².